The van der Waals surface area contributed by atoms with Crippen LogP contribution in [0.2, 0.25) is 0 Å². The summed E-state index contributed by atoms with van der Waals surface area (Å²) in [4.78, 5) is 13.8. The van der Waals surface area contributed by atoms with Crippen LogP contribution in [0.4, 0.5) is 0 Å². The zero-order chi connectivity index (χ0) is 12.7. The number of hydrogen-bond acceptors (Lipinski definition) is 4. The van der Waals surface area contributed by atoms with Gasteiger partial charge in [-0.05, 0) is 32.7 Å². The van der Waals surface area contributed by atoms with Crippen LogP contribution in [0, 0.1) is 0 Å². The standard InChI is InChI=1S/C12H25N3O2/c1-10(16)8-11-4-2-3-7-15(11)9-12(17)14-6-5-13/h10-11,16H,2-9,13H2,1H3,(H,14,17). The van der Waals surface area contributed by atoms with E-state index in [1.165, 1.54) is 6.42 Å². The summed E-state index contributed by atoms with van der Waals surface area (Å²) in [5.74, 6) is 0.0351. The van der Waals surface area contributed by atoms with Gasteiger partial charge in [-0.25, -0.2) is 0 Å². The molecule has 0 radical (unpaired) electrons. The van der Waals surface area contributed by atoms with E-state index >= 15 is 0 Å². The molecule has 1 aliphatic rings. The van der Waals surface area contributed by atoms with E-state index in [9.17, 15) is 9.90 Å². The molecule has 2 atom stereocenters. The molecule has 4 N–H and O–H groups in total. The van der Waals surface area contributed by atoms with Gasteiger partial charge in [0.2, 0.25) is 5.91 Å². The van der Waals surface area contributed by atoms with Crippen LogP contribution in [-0.2, 0) is 4.79 Å². The Hall–Kier alpha value is -0.650. The second-order valence-corrected chi connectivity index (χ2v) is 4.84. The molecule has 0 bridgehead atoms. The van der Waals surface area contributed by atoms with Gasteiger partial charge in [-0.2, -0.15) is 0 Å². The summed E-state index contributed by atoms with van der Waals surface area (Å²) in [5.41, 5.74) is 5.34. The molecule has 0 aromatic carbocycles. The highest BCUT2D eigenvalue weighted by Crippen LogP contribution is 2.20. The van der Waals surface area contributed by atoms with Gasteiger partial charge in [0, 0.05) is 19.1 Å². The van der Waals surface area contributed by atoms with Crippen LogP contribution in [0.1, 0.15) is 32.6 Å². The lowest BCUT2D eigenvalue weighted by molar-refractivity contribution is -0.123. The lowest BCUT2D eigenvalue weighted by Crippen LogP contribution is -2.47. The molecule has 1 saturated heterocycles. The Morgan fingerprint density at radius 2 is 2.35 bits per heavy atom. The number of hydrogen-bond donors (Lipinski definition) is 3. The number of nitrogens with zero attached hydrogens (tertiary/aromatic N) is 1. The fourth-order valence-corrected chi connectivity index (χ4v) is 2.38. The number of carbonyl (C=O) groups excluding carboxylic acids is 1. The van der Waals surface area contributed by atoms with Gasteiger partial charge >= 0.3 is 0 Å². The highest BCUT2D eigenvalue weighted by molar-refractivity contribution is 5.78. The predicted octanol–water partition coefficient (Wildman–Crippen LogP) is -0.313. The van der Waals surface area contributed by atoms with Crippen LogP contribution in [0.25, 0.3) is 0 Å². The molecule has 5 heteroatoms. The van der Waals surface area contributed by atoms with Crippen molar-refractivity contribution in [3.63, 3.8) is 0 Å². The minimum Gasteiger partial charge on any atom is -0.393 e. The number of aliphatic hydroxyl groups is 1. The lowest BCUT2D eigenvalue weighted by Gasteiger charge is -2.35. The van der Waals surface area contributed by atoms with E-state index in [2.05, 4.69) is 10.2 Å². The van der Waals surface area contributed by atoms with Gasteiger partial charge in [0.15, 0.2) is 0 Å². The average molecular weight is 243 g/mol. The van der Waals surface area contributed by atoms with Gasteiger partial charge in [-0.15, -0.1) is 0 Å². The van der Waals surface area contributed by atoms with Crippen molar-refractivity contribution in [3.8, 4) is 0 Å². The van der Waals surface area contributed by atoms with Crippen molar-refractivity contribution in [1.82, 2.24) is 10.2 Å². The number of aliphatic hydroxyl groups excluding tert-OH is 1. The van der Waals surface area contributed by atoms with Gasteiger partial charge < -0.3 is 16.2 Å². The molecule has 0 aliphatic carbocycles. The number of nitrogens with one attached hydrogen (secondary N) is 1. The van der Waals surface area contributed by atoms with Gasteiger partial charge in [0.1, 0.15) is 0 Å². The second-order valence-electron chi connectivity index (χ2n) is 4.84. The van der Waals surface area contributed by atoms with E-state index in [0.717, 1.165) is 25.8 Å². The number of likely N-dealkylation sites (tertiary alicyclic amines) is 1. The van der Waals surface area contributed by atoms with Crippen molar-refractivity contribution in [2.75, 3.05) is 26.2 Å². The van der Waals surface area contributed by atoms with Crippen LogP contribution in [0.5, 0.6) is 0 Å². The van der Waals surface area contributed by atoms with Gasteiger partial charge in [0.25, 0.3) is 0 Å². The molecule has 100 valence electrons. The Balaban J connectivity index is 2.39. The van der Waals surface area contributed by atoms with Crippen LogP contribution in [-0.4, -0.2) is 54.2 Å². The highest BCUT2D eigenvalue weighted by atomic mass is 16.3. The Bertz CT molecular complexity index is 234. The first-order chi connectivity index (χ1) is 8.13. The number of carbonyl (C=O) groups is 1. The van der Waals surface area contributed by atoms with Crippen LogP contribution >= 0.6 is 0 Å². The summed E-state index contributed by atoms with van der Waals surface area (Å²) in [7, 11) is 0. The van der Waals surface area contributed by atoms with Crippen molar-refractivity contribution < 1.29 is 9.90 Å². The third-order valence-electron chi connectivity index (χ3n) is 3.18. The maximum absolute atomic E-state index is 11.6. The fourth-order valence-electron chi connectivity index (χ4n) is 2.38. The maximum atomic E-state index is 11.6. The zero-order valence-electron chi connectivity index (χ0n) is 10.7. The summed E-state index contributed by atoms with van der Waals surface area (Å²) >= 11 is 0. The molecule has 1 amide bonds. The minimum absolute atomic E-state index is 0.0351. The molecular weight excluding hydrogens is 218 g/mol. The third-order valence-corrected chi connectivity index (χ3v) is 3.18. The van der Waals surface area contributed by atoms with Crippen LogP contribution in [0.3, 0.4) is 0 Å². The van der Waals surface area contributed by atoms with Crippen molar-refractivity contribution in [2.45, 2.75) is 44.8 Å². The summed E-state index contributed by atoms with van der Waals surface area (Å²) in [5, 5.41) is 12.2. The SMILES string of the molecule is CC(O)CC1CCCCN1CC(=O)NCCN. The first kappa shape index (κ1) is 14.4. The average Bonchev–Trinajstić information content (AvgIpc) is 2.28. The Morgan fingerprint density at radius 1 is 1.59 bits per heavy atom. The van der Waals surface area contributed by atoms with Gasteiger partial charge in [0.05, 0.1) is 12.6 Å². The predicted molar refractivity (Wildman–Crippen MR) is 67.6 cm³/mol. The lowest BCUT2D eigenvalue weighted by atomic mass is 9.97. The summed E-state index contributed by atoms with van der Waals surface area (Å²) in [6.45, 7) is 4.20. The van der Waals surface area contributed by atoms with E-state index in [1.54, 1.807) is 6.92 Å². The summed E-state index contributed by atoms with van der Waals surface area (Å²) < 4.78 is 0. The molecule has 1 aliphatic heterocycles. The third kappa shape index (κ3) is 5.48. The quantitative estimate of drug-likeness (QED) is 0.598. The second kappa shape index (κ2) is 7.63. The Morgan fingerprint density at radius 3 is 3.00 bits per heavy atom. The van der Waals surface area contributed by atoms with Gasteiger partial charge in [-0.3, -0.25) is 9.69 Å². The molecule has 0 aromatic rings. The van der Waals surface area contributed by atoms with Crippen LogP contribution < -0.4 is 11.1 Å². The summed E-state index contributed by atoms with van der Waals surface area (Å²) in [6, 6.07) is 0.340. The largest absolute Gasteiger partial charge is 0.393 e. The molecule has 5 nitrogen and oxygen atoms in total. The smallest absolute Gasteiger partial charge is 0.234 e. The molecule has 0 aromatic heterocycles. The topological polar surface area (TPSA) is 78.6 Å². The molecule has 0 spiro atoms. The van der Waals surface area contributed by atoms with E-state index in [1.807, 2.05) is 0 Å². The Labute approximate surface area is 103 Å². The van der Waals surface area contributed by atoms with Crippen molar-refractivity contribution >= 4 is 5.91 Å². The van der Waals surface area contributed by atoms with Gasteiger partial charge in [-0.1, -0.05) is 6.42 Å². The van der Waals surface area contributed by atoms with Crippen molar-refractivity contribution in [1.29, 1.82) is 0 Å². The molecule has 1 heterocycles. The normalized spacial score (nSPS) is 23.4. The molecule has 1 fully saturated rings. The van der Waals surface area contributed by atoms with E-state index in [0.29, 0.717) is 25.7 Å². The fraction of sp³-hybridized carbons (Fsp3) is 0.917. The maximum Gasteiger partial charge on any atom is 0.234 e. The number of amides is 1. The number of nitrogens with two attached hydrogens (primary N) is 1. The van der Waals surface area contributed by atoms with Crippen LogP contribution in [0.15, 0.2) is 0 Å². The highest BCUT2D eigenvalue weighted by Gasteiger charge is 2.24. The summed E-state index contributed by atoms with van der Waals surface area (Å²) in [6.07, 6.45) is 3.87. The number of rotatable bonds is 6. The van der Waals surface area contributed by atoms with E-state index in [-0.39, 0.29) is 12.0 Å². The van der Waals surface area contributed by atoms with E-state index < -0.39 is 0 Å². The zero-order valence-corrected chi connectivity index (χ0v) is 10.7. The van der Waals surface area contributed by atoms with Crippen molar-refractivity contribution in [2.24, 2.45) is 5.73 Å². The minimum atomic E-state index is -0.298. The molecule has 17 heavy (non-hydrogen) atoms. The Kier molecular flexibility index (Phi) is 6.47. The van der Waals surface area contributed by atoms with E-state index in [4.69, 9.17) is 5.73 Å². The first-order valence-electron chi connectivity index (χ1n) is 6.52. The molecule has 2 unspecified atom stereocenters. The molecular formula is C12H25N3O2. The number of piperidine rings is 1. The molecule has 0 saturated carbocycles. The molecule has 1 rings (SSSR count). The monoisotopic (exact) mass is 243 g/mol. The van der Waals surface area contributed by atoms with Crippen molar-refractivity contribution in [3.05, 3.63) is 0 Å². The first-order valence-corrected chi connectivity index (χ1v) is 6.52.